The zero-order valence-corrected chi connectivity index (χ0v) is 4.34. The van der Waals surface area contributed by atoms with Gasteiger partial charge in [0.25, 0.3) is 0 Å². The molecule has 0 saturated heterocycles. The Morgan fingerprint density at radius 1 is 1.62 bits per heavy atom. The van der Waals surface area contributed by atoms with Crippen molar-refractivity contribution in [1.29, 1.82) is 0 Å². The predicted molar refractivity (Wildman–Crippen MR) is 21.7 cm³/mol. The van der Waals surface area contributed by atoms with Crippen molar-refractivity contribution in [2.75, 3.05) is 0 Å². The molecule has 0 bridgehead atoms. The van der Waals surface area contributed by atoms with Crippen LogP contribution in [0.15, 0.2) is 4.36 Å². The minimum Gasteiger partial charge on any atom is -0.287 e. The first-order valence-electron chi connectivity index (χ1n) is 1.42. The summed E-state index contributed by atoms with van der Waals surface area (Å²) < 4.78 is 21.2. The van der Waals surface area contributed by atoms with Crippen molar-refractivity contribution in [3.63, 3.8) is 0 Å². The fourth-order valence-corrected chi connectivity index (χ4v) is 0.264. The second-order valence-corrected chi connectivity index (χ2v) is 1.34. The number of nitrogens with zero attached hydrogens (tertiary/aromatic N) is 1. The van der Waals surface area contributed by atoms with Gasteiger partial charge in [-0.15, -0.1) is 0 Å². The molecule has 0 aromatic heterocycles. The van der Waals surface area contributed by atoms with Crippen molar-refractivity contribution in [2.24, 2.45) is 4.36 Å². The third-order valence-corrected chi connectivity index (χ3v) is 0.568. The molecule has 0 unspecified atom stereocenters. The van der Waals surface area contributed by atoms with Gasteiger partial charge >= 0.3 is 16.5 Å². The number of rotatable bonds is 0. The van der Waals surface area contributed by atoms with Gasteiger partial charge in [0, 0.05) is 0 Å². The van der Waals surface area contributed by atoms with Gasteiger partial charge in [-0.05, 0) is 0 Å². The van der Waals surface area contributed by atoms with Gasteiger partial charge in [-0.25, -0.2) is 10.3 Å². The van der Waals surface area contributed by atoms with Crippen molar-refractivity contribution in [2.45, 2.75) is 0 Å². The summed E-state index contributed by atoms with van der Waals surface area (Å²) >= 11 is 0. The van der Waals surface area contributed by atoms with E-state index in [1.165, 1.54) is 0 Å². The highest BCUT2D eigenvalue weighted by atomic mass is 32.2. The molecular formula is CH2N2O4S. The third kappa shape index (κ3) is 3.25. The second-order valence-electron chi connectivity index (χ2n) is 0.725. The van der Waals surface area contributed by atoms with Crippen LogP contribution in [-0.2, 0) is 10.5 Å². The maximum absolute atomic E-state index is 9.70. The summed E-state index contributed by atoms with van der Waals surface area (Å²) in [4.78, 5) is 9.70. The highest BCUT2D eigenvalue weighted by Crippen LogP contribution is 1.66. The molecule has 0 aliphatic rings. The van der Waals surface area contributed by atoms with Gasteiger partial charge in [-0.2, -0.15) is 8.42 Å². The number of nitrogens with one attached hydrogen (secondary N) is 1. The van der Waals surface area contributed by atoms with Crippen LogP contribution >= 0.6 is 0 Å². The number of hydroxylamine groups is 1. The lowest BCUT2D eigenvalue weighted by Crippen LogP contribution is -2.12. The molecular weight excluding hydrogens is 136 g/mol. The molecule has 0 radical (unpaired) electrons. The normalized spacial score (nSPS) is 7.62. The number of hydrogen-bond donors (Lipinski definition) is 2. The largest absolute Gasteiger partial charge is 0.379 e. The van der Waals surface area contributed by atoms with Gasteiger partial charge in [0.05, 0.1) is 0 Å². The van der Waals surface area contributed by atoms with Crippen LogP contribution in [0.4, 0.5) is 4.79 Å². The summed E-state index contributed by atoms with van der Waals surface area (Å²) in [5, 5.41) is 7.62. The minimum atomic E-state index is -2.79. The fourth-order valence-electron chi connectivity index (χ4n) is 0.0881. The van der Waals surface area contributed by atoms with Crippen LogP contribution in [0.5, 0.6) is 0 Å². The zero-order chi connectivity index (χ0) is 6.57. The molecule has 0 atom stereocenters. The molecule has 0 aliphatic heterocycles. The summed E-state index contributed by atoms with van der Waals surface area (Å²) in [6.45, 7) is 0. The Balaban J connectivity index is 4.12. The average molecular weight is 138 g/mol. The Hall–Kier alpha value is -0.950. The summed E-state index contributed by atoms with van der Waals surface area (Å²) in [6, 6.07) is -1.31. The molecule has 8 heavy (non-hydrogen) atoms. The molecule has 6 nitrogen and oxygen atoms in total. The van der Waals surface area contributed by atoms with Gasteiger partial charge in [0.2, 0.25) is 0 Å². The summed E-state index contributed by atoms with van der Waals surface area (Å²) in [5.41, 5.74) is 0.998. The fraction of sp³-hybridized carbons (Fsp3) is 0. The van der Waals surface area contributed by atoms with Crippen LogP contribution in [0.2, 0.25) is 0 Å². The summed E-state index contributed by atoms with van der Waals surface area (Å²) in [7, 11) is -2.79. The van der Waals surface area contributed by atoms with Crippen LogP contribution in [-0.4, -0.2) is 19.7 Å². The molecule has 0 aromatic rings. The van der Waals surface area contributed by atoms with Crippen LogP contribution < -0.4 is 5.48 Å². The Kier molecular flexibility index (Phi) is 2.74. The lowest BCUT2D eigenvalue weighted by atomic mass is 11.2. The topological polar surface area (TPSA) is 95.8 Å². The van der Waals surface area contributed by atoms with E-state index in [1.54, 1.807) is 0 Å². The molecule has 2 N–H and O–H groups in total. The molecule has 0 aromatic carbocycles. The van der Waals surface area contributed by atoms with E-state index in [0.29, 0.717) is 0 Å². The number of carbonyl (C=O) groups is 1. The highest BCUT2D eigenvalue weighted by Gasteiger charge is 1.89. The van der Waals surface area contributed by atoms with E-state index < -0.39 is 16.5 Å². The Morgan fingerprint density at radius 3 is 2.25 bits per heavy atom. The summed E-state index contributed by atoms with van der Waals surface area (Å²) in [5.74, 6) is 0. The van der Waals surface area contributed by atoms with Crippen LogP contribution in [0, 0.1) is 0 Å². The van der Waals surface area contributed by atoms with E-state index in [1.807, 2.05) is 0 Å². The lowest BCUT2D eigenvalue weighted by molar-refractivity contribution is 0.169. The lowest BCUT2D eigenvalue weighted by Gasteiger charge is -1.78. The molecule has 46 valence electrons. The monoisotopic (exact) mass is 138 g/mol. The third-order valence-electron chi connectivity index (χ3n) is 0.253. The Labute approximate surface area is 45.8 Å². The molecule has 0 rings (SSSR count). The number of carbonyl (C=O) groups excluding carboxylic acids is 1. The number of hydrogen-bond acceptors (Lipinski definition) is 4. The van der Waals surface area contributed by atoms with Gasteiger partial charge < -0.3 is 0 Å². The number of amides is 2. The standard InChI is InChI=1S/CH2N2O4S/c4-1(2-5)3-8(6)7/h5H,(H,2,4). The van der Waals surface area contributed by atoms with E-state index in [9.17, 15) is 13.2 Å². The maximum Gasteiger partial charge on any atom is 0.379 e. The van der Waals surface area contributed by atoms with E-state index in [4.69, 9.17) is 5.21 Å². The van der Waals surface area contributed by atoms with Gasteiger partial charge in [-0.3, -0.25) is 5.21 Å². The predicted octanol–water partition coefficient (Wildman–Crippen LogP) is -0.852. The first-order chi connectivity index (χ1) is 3.66. The first kappa shape index (κ1) is 7.05. The molecule has 0 aliphatic carbocycles. The number of urea groups is 1. The van der Waals surface area contributed by atoms with E-state index in [-0.39, 0.29) is 0 Å². The van der Waals surface area contributed by atoms with Gasteiger partial charge in [-0.1, -0.05) is 4.36 Å². The molecule has 2 amide bonds. The summed E-state index contributed by atoms with van der Waals surface area (Å²) in [6.07, 6.45) is 0. The van der Waals surface area contributed by atoms with Crippen molar-refractivity contribution in [1.82, 2.24) is 5.48 Å². The highest BCUT2D eigenvalue weighted by molar-refractivity contribution is 7.62. The molecule has 0 spiro atoms. The van der Waals surface area contributed by atoms with Crippen molar-refractivity contribution in [3.8, 4) is 0 Å². The maximum atomic E-state index is 9.70. The molecule has 7 heteroatoms. The van der Waals surface area contributed by atoms with E-state index >= 15 is 0 Å². The SMILES string of the molecule is O=C(N=S(=O)=O)NO. The minimum absolute atomic E-state index is 0.998. The average Bonchev–Trinajstić information content (AvgIpc) is 1.65. The van der Waals surface area contributed by atoms with Crippen LogP contribution in [0.1, 0.15) is 0 Å². The molecule has 0 heterocycles. The van der Waals surface area contributed by atoms with E-state index in [2.05, 4.69) is 4.36 Å². The van der Waals surface area contributed by atoms with Crippen LogP contribution in [0.25, 0.3) is 0 Å². The van der Waals surface area contributed by atoms with Crippen molar-refractivity contribution in [3.05, 3.63) is 0 Å². The van der Waals surface area contributed by atoms with Gasteiger partial charge in [0.15, 0.2) is 0 Å². The first-order valence-corrected chi connectivity index (χ1v) is 2.45. The van der Waals surface area contributed by atoms with Crippen LogP contribution in [0.3, 0.4) is 0 Å². The van der Waals surface area contributed by atoms with Crippen molar-refractivity contribution < 1.29 is 18.4 Å². The van der Waals surface area contributed by atoms with Crippen molar-refractivity contribution >= 4 is 16.5 Å². The van der Waals surface area contributed by atoms with Gasteiger partial charge in [0.1, 0.15) is 0 Å². The quantitative estimate of drug-likeness (QED) is 0.336. The van der Waals surface area contributed by atoms with E-state index in [0.717, 1.165) is 5.48 Å². The molecule has 0 fully saturated rings. The Bertz CT molecular complexity index is 194. The smallest absolute Gasteiger partial charge is 0.287 e. The second kappa shape index (κ2) is 3.10. The molecule has 0 saturated carbocycles. The Morgan fingerprint density at radius 2 is 2.12 bits per heavy atom. The zero-order valence-electron chi connectivity index (χ0n) is 3.53.